The van der Waals surface area contributed by atoms with Crippen molar-refractivity contribution in [3.63, 3.8) is 0 Å². The molecule has 1 aliphatic rings. The van der Waals surface area contributed by atoms with Crippen molar-refractivity contribution in [3.8, 4) is 5.75 Å². The van der Waals surface area contributed by atoms with Crippen LogP contribution in [-0.2, 0) is 4.74 Å². The largest absolute Gasteiger partial charge is 0.494 e. The van der Waals surface area contributed by atoms with Crippen LogP contribution in [0, 0.1) is 0 Å². The molecule has 1 aromatic rings. The van der Waals surface area contributed by atoms with E-state index in [-0.39, 0.29) is 5.78 Å². The zero-order valence-corrected chi connectivity index (χ0v) is 9.53. The fourth-order valence-electron chi connectivity index (χ4n) is 1.96. The molecule has 0 atom stereocenters. The van der Waals surface area contributed by atoms with Crippen molar-refractivity contribution in [2.75, 3.05) is 14.2 Å². The molecular formula is C12H15NO3. The summed E-state index contributed by atoms with van der Waals surface area (Å²) in [5.41, 5.74) is -0.298. The van der Waals surface area contributed by atoms with Crippen LogP contribution in [-0.4, -0.2) is 30.6 Å². The number of nitrogens with zero attached hydrogens (tertiary/aromatic N) is 1. The van der Waals surface area contributed by atoms with E-state index in [0.29, 0.717) is 11.4 Å². The van der Waals surface area contributed by atoms with Gasteiger partial charge in [-0.1, -0.05) is 0 Å². The van der Waals surface area contributed by atoms with Gasteiger partial charge in [-0.2, -0.15) is 0 Å². The van der Waals surface area contributed by atoms with Gasteiger partial charge in [0.25, 0.3) is 0 Å². The van der Waals surface area contributed by atoms with Crippen LogP contribution in [0.1, 0.15) is 29.8 Å². The molecule has 2 rings (SSSR count). The van der Waals surface area contributed by atoms with Crippen molar-refractivity contribution in [2.24, 2.45) is 0 Å². The minimum atomic E-state index is -0.665. The average molecular weight is 221 g/mol. The Kier molecular flexibility index (Phi) is 2.92. The average Bonchev–Trinajstić information content (AvgIpc) is 2.28. The number of pyridine rings is 1. The van der Waals surface area contributed by atoms with E-state index in [1.165, 1.54) is 7.11 Å². The Hall–Kier alpha value is -1.42. The number of methoxy groups -OCH3 is 2. The minimum absolute atomic E-state index is 0.0706. The molecule has 0 aromatic carbocycles. The minimum Gasteiger partial charge on any atom is -0.494 e. The fraction of sp³-hybridized carbons (Fsp3) is 0.500. The lowest BCUT2D eigenvalue weighted by Crippen LogP contribution is -2.47. The topological polar surface area (TPSA) is 48.4 Å². The fourth-order valence-corrected chi connectivity index (χ4v) is 1.96. The number of hydrogen-bond donors (Lipinski definition) is 0. The van der Waals surface area contributed by atoms with Gasteiger partial charge in [-0.15, -0.1) is 0 Å². The summed E-state index contributed by atoms with van der Waals surface area (Å²) in [5.74, 6) is 0.439. The van der Waals surface area contributed by atoms with Crippen LogP contribution >= 0.6 is 0 Å². The van der Waals surface area contributed by atoms with Gasteiger partial charge in [0.05, 0.1) is 7.11 Å². The molecule has 0 aliphatic heterocycles. The molecule has 0 amide bonds. The molecule has 1 aromatic heterocycles. The predicted molar refractivity (Wildman–Crippen MR) is 58.7 cm³/mol. The monoisotopic (exact) mass is 221 g/mol. The number of ketones is 1. The molecule has 0 spiro atoms. The standard InChI is InChI=1S/C12H15NO3/c1-15-9-5-3-8-13-10(9)11(14)12(16-2)6-4-7-12/h3,5,8H,4,6-7H2,1-2H3. The summed E-state index contributed by atoms with van der Waals surface area (Å²) < 4.78 is 10.5. The van der Waals surface area contributed by atoms with E-state index in [0.717, 1.165) is 19.3 Å². The zero-order valence-electron chi connectivity index (χ0n) is 9.53. The Morgan fingerprint density at radius 3 is 2.69 bits per heavy atom. The summed E-state index contributed by atoms with van der Waals surface area (Å²) in [5, 5.41) is 0. The predicted octanol–water partition coefficient (Wildman–Crippen LogP) is 1.84. The summed E-state index contributed by atoms with van der Waals surface area (Å²) in [7, 11) is 3.11. The number of carbonyl (C=O) groups is 1. The molecule has 0 N–H and O–H groups in total. The van der Waals surface area contributed by atoms with Crippen LogP contribution in [0.2, 0.25) is 0 Å². The molecule has 1 aliphatic carbocycles. The maximum atomic E-state index is 12.3. The van der Waals surface area contributed by atoms with Gasteiger partial charge in [-0.3, -0.25) is 4.79 Å². The van der Waals surface area contributed by atoms with E-state index in [2.05, 4.69) is 4.98 Å². The van der Waals surface area contributed by atoms with Crippen LogP contribution in [0.15, 0.2) is 18.3 Å². The van der Waals surface area contributed by atoms with Crippen molar-refractivity contribution in [2.45, 2.75) is 24.9 Å². The van der Waals surface area contributed by atoms with Crippen LogP contribution in [0.3, 0.4) is 0 Å². The van der Waals surface area contributed by atoms with E-state index in [9.17, 15) is 4.79 Å². The van der Waals surface area contributed by atoms with E-state index in [1.54, 1.807) is 25.4 Å². The Bertz CT molecular complexity index is 393. The third-order valence-corrected chi connectivity index (χ3v) is 3.17. The van der Waals surface area contributed by atoms with Crippen LogP contribution in [0.25, 0.3) is 0 Å². The maximum Gasteiger partial charge on any atom is 0.216 e. The van der Waals surface area contributed by atoms with E-state index < -0.39 is 5.60 Å². The van der Waals surface area contributed by atoms with Crippen molar-refractivity contribution in [3.05, 3.63) is 24.0 Å². The lowest BCUT2D eigenvalue weighted by molar-refractivity contribution is -0.0453. The Morgan fingerprint density at radius 2 is 2.19 bits per heavy atom. The first kappa shape index (κ1) is 11.1. The number of Topliss-reactive ketones (excluding diaryl/α,β-unsaturated/α-hetero) is 1. The number of rotatable bonds is 4. The van der Waals surface area contributed by atoms with E-state index >= 15 is 0 Å². The van der Waals surface area contributed by atoms with Crippen LogP contribution in [0.5, 0.6) is 5.75 Å². The highest BCUT2D eigenvalue weighted by molar-refractivity contribution is 6.03. The molecule has 16 heavy (non-hydrogen) atoms. The molecule has 4 heteroatoms. The summed E-state index contributed by atoms with van der Waals surface area (Å²) >= 11 is 0. The normalized spacial score (nSPS) is 17.6. The molecule has 0 saturated heterocycles. The lowest BCUT2D eigenvalue weighted by Gasteiger charge is -2.38. The smallest absolute Gasteiger partial charge is 0.216 e. The highest BCUT2D eigenvalue weighted by atomic mass is 16.5. The third kappa shape index (κ3) is 1.59. The molecular weight excluding hydrogens is 206 g/mol. The molecule has 1 fully saturated rings. The molecule has 86 valence electrons. The number of ether oxygens (including phenoxy) is 2. The second-order valence-electron chi connectivity index (χ2n) is 3.94. The highest BCUT2D eigenvalue weighted by Crippen LogP contribution is 2.38. The molecule has 1 heterocycles. The summed E-state index contributed by atoms with van der Waals surface area (Å²) in [6.45, 7) is 0. The SMILES string of the molecule is COc1cccnc1C(=O)C1(OC)CCC1. The van der Waals surface area contributed by atoms with Gasteiger partial charge in [-0.25, -0.2) is 4.98 Å². The van der Waals surface area contributed by atoms with Gasteiger partial charge in [0.2, 0.25) is 5.78 Å². The first-order valence-electron chi connectivity index (χ1n) is 5.32. The molecule has 0 bridgehead atoms. The number of carbonyl (C=O) groups excluding carboxylic acids is 1. The van der Waals surface area contributed by atoms with Crippen molar-refractivity contribution < 1.29 is 14.3 Å². The first-order valence-corrected chi connectivity index (χ1v) is 5.32. The maximum absolute atomic E-state index is 12.3. The van der Waals surface area contributed by atoms with Gasteiger partial charge in [0.15, 0.2) is 5.69 Å². The summed E-state index contributed by atoms with van der Waals surface area (Å²) in [6.07, 6.45) is 4.15. The number of hydrogen-bond acceptors (Lipinski definition) is 4. The Morgan fingerprint density at radius 1 is 1.44 bits per heavy atom. The quantitative estimate of drug-likeness (QED) is 0.728. The van der Waals surface area contributed by atoms with Gasteiger partial charge in [0, 0.05) is 13.3 Å². The van der Waals surface area contributed by atoms with E-state index in [4.69, 9.17) is 9.47 Å². The highest BCUT2D eigenvalue weighted by Gasteiger charge is 2.46. The van der Waals surface area contributed by atoms with Crippen molar-refractivity contribution in [1.82, 2.24) is 4.98 Å². The third-order valence-electron chi connectivity index (χ3n) is 3.17. The van der Waals surface area contributed by atoms with Crippen LogP contribution < -0.4 is 4.74 Å². The van der Waals surface area contributed by atoms with Gasteiger partial charge in [0.1, 0.15) is 11.4 Å². The van der Waals surface area contributed by atoms with Crippen LogP contribution in [0.4, 0.5) is 0 Å². The van der Waals surface area contributed by atoms with E-state index in [1.807, 2.05) is 0 Å². The molecule has 1 saturated carbocycles. The second-order valence-corrected chi connectivity index (χ2v) is 3.94. The zero-order chi connectivity index (χ0) is 11.6. The van der Waals surface area contributed by atoms with Gasteiger partial charge >= 0.3 is 0 Å². The first-order chi connectivity index (χ1) is 7.73. The second kappa shape index (κ2) is 4.22. The summed E-state index contributed by atoms with van der Waals surface area (Å²) in [6, 6.07) is 3.48. The summed E-state index contributed by atoms with van der Waals surface area (Å²) in [4.78, 5) is 16.4. The molecule has 0 unspecified atom stereocenters. The van der Waals surface area contributed by atoms with Gasteiger partial charge in [-0.05, 0) is 31.4 Å². The lowest BCUT2D eigenvalue weighted by atomic mass is 9.75. The Balaban J connectivity index is 2.33. The van der Waals surface area contributed by atoms with Crippen molar-refractivity contribution >= 4 is 5.78 Å². The molecule has 0 radical (unpaired) electrons. The number of aromatic nitrogens is 1. The molecule has 4 nitrogen and oxygen atoms in total. The Labute approximate surface area is 94.6 Å². The van der Waals surface area contributed by atoms with Crippen molar-refractivity contribution in [1.29, 1.82) is 0 Å². The van der Waals surface area contributed by atoms with Gasteiger partial charge < -0.3 is 9.47 Å².